The van der Waals surface area contributed by atoms with Gasteiger partial charge in [0.2, 0.25) is 0 Å². The molecule has 0 N–H and O–H groups in total. The molecule has 0 saturated carbocycles. The summed E-state index contributed by atoms with van der Waals surface area (Å²) in [6.07, 6.45) is 11.0. The van der Waals surface area contributed by atoms with Crippen molar-refractivity contribution in [3.63, 3.8) is 0 Å². The molecule has 4 heteroatoms. The Morgan fingerprint density at radius 3 is 1.71 bits per heavy atom. The van der Waals surface area contributed by atoms with Crippen molar-refractivity contribution < 1.29 is 14.2 Å². The van der Waals surface area contributed by atoms with E-state index in [1.807, 2.05) is 36.4 Å². The quantitative estimate of drug-likeness (QED) is 0.412. The summed E-state index contributed by atoms with van der Waals surface area (Å²) < 4.78 is 15.0. The van der Waals surface area contributed by atoms with Crippen molar-refractivity contribution in [2.45, 2.75) is 4.90 Å². The minimum absolute atomic E-state index is 0.135. The molecule has 0 fully saturated rings. The minimum Gasteiger partial charge on any atom is -0.504 e. The summed E-state index contributed by atoms with van der Waals surface area (Å²) in [6.45, 7) is 0. The predicted molar refractivity (Wildman–Crippen MR) is 89.2 cm³/mol. The highest BCUT2D eigenvalue weighted by Crippen LogP contribution is 2.20. The number of methoxy groups -OCH3 is 3. The van der Waals surface area contributed by atoms with Crippen molar-refractivity contribution in [2.24, 2.45) is 0 Å². The lowest BCUT2D eigenvalue weighted by molar-refractivity contribution is 0.338. The second-order valence-corrected chi connectivity index (χ2v) is 5.59. The molecule has 0 saturated heterocycles. The van der Waals surface area contributed by atoms with Gasteiger partial charge in [-0.15, -0.1) is 0 Å². The van der Waals surface area contributed by atoms with Crippen LogP contribution in [0.3, 0.4) is 0 Å². The number of hydrogen-bond donors (Lipinski definition) is 0. The third-order valence-corrected chi connectivity index (χ3v) is 4.15. The standard InChI is InChI=1S/C17H21O3S/c1-18-12-4-6-14-21(15-7-5-13-19-2)17-10-8-16(20-3)9-11-17/h4-15H,1-3H3/q+1/b12-4+,13-5+,14-6+,15-7+. The van der Waals surface area contributed by atoms with Crippen molar-refractivity contribution in [3.05, 3.63) is 71.9 Å². The topological polar surface area (TPSA) is 27.7 Å². The summed E-state index contributed by atoms with van der Waals surface area (Å²) in [6, 6.07) is 8.06. The second-order valence-electron chi connectivity index (χ2n) is 3.83. The molecular formula is C17H21O3S+. The van der Waals surface area contributed by atoms with Crippen molar-refractivity contribution >= 4 is 10.9 Å². The first-order valence-corrected chi connectivity index (χ1v) is 7.75. The van der Waals surface area contributed by atoms with Gasteiger partial charge < -0.3 is 14.2 Å². The Balaban J connectivity index is 2.88. The summed E-state index contributed by atoms with van der Waals surface area (Å²) in [5, 5.41) is 4.24. The van der Waals surface area contributed by atoms with Gasteiger partial charge in [0.05, 0.1) is 44.7 Å². The molecule has 3 nitrogen and oxygen atoms in total. The average Bonchev–Trinajstić information content (AvgIpc) is 2.53. The van der Waals surface area contributed by atoms with E-state index in [0.29, 0.717) is 0 Å². The smallest absolute Gasteiger partial charge is 0.165 e. The molecule has 1 aromatic carbocycles. The Labute approximate surface area is 129 Å². The fourth-order valence-electron chi connectivity index (χ4n) is 1.44. The van der Waals surface area contributed by atoms with Gasteiger partial charge in [0.25, 0.3) is 0 Å². The van der Waals surface area contributed by atoms with Crippen LogP contribution in [-0.4, -0.2) is 21.3 Å². The van der Waals surface area contributed by atoms with Crippen LogP contribution in [-0.2, 0) is 20.4 Å². The van der Waals surface area contributed by atoms with Crippen LogP contribution in [0.15, 0.2) is 76.8 Å². The maximum absolute atomic E-state index is 5.19. The normalized spacial score (nSPS) is 12.2. The number of benzene rings is 1. The maximum atomic E-state index is 5.19. The van der Waals surface area contributed by atoms with Crippen LogP contribution in [0.5, 0.6) is 5.75 Å². The van der Waals surface area contributed by atoms with Crippen LogP contribution in [0.25, 0.3) is 0 Å². The molecule has 1 rings (SSSR count). The predicted octanol–water partition coefficient (Wildman–Crippen LogP) is 4.02. The molecule has 112 valence electrons. The first-order valence-electron chi connectivity index (χ1n) is 6.40. The van der Waals surface area contributed by atoms with Gasteiger partial charge in [-0.1, -0.05) is 0 Å². The molecular weight excluding hydrogens is 284 g/mol. The van der Waals surface area contributed by atoms with E-state index in [2.05, 4.69) is 22.9 Å². The Bertz CT molecular complexity index is 477. The Morgan fingerprint density at radius 1 is 0.762 bits per heavy atom. The zero-order valence-electron chi connectivity index (χ0n) is 12.6. The fraction of sp³-hybridized carbons (Fsp3) is 0.176. The molecule has 0 aliphatic carbocycles. The minimum atomic E-state index is -0.135. The van der Waals surface area contributed by atoms with Gasteiger partial charge in [0.1, 0.15) is 16.6 Å². The molecule has 0 amide bonds. The maximum Gasteiger partial charge on any atom is 0.165 e. The lowest BCUT2D eigenvalue weighted by atomic mass is 10.3. The summed E-state index contributed by atoms with van der Waals surface area (Å²) in [5.74, 6) is 0.855. The zero-order chi connectivity index (χ0) is 15.3. The summed E-state index contributed by atoms with van der Waals surface area (Å²) in [7, 11) is 4.79. The second kappa shape index (κ2) is 10.7. The van der Waals surface area contributed by atoms with Gasteiger partial charge in [-0.25, -0.2) is 0 Å². The lowest BCUT2D eigenvalue weighted by Gasteiger charge is -2.00. The van der Waals surface area contributed by atoms with Crippen LogP contribution in [0.1, 0.15) is 0 Å². The molecule has 0 bridgehead atoms. The Morgan fingerprint density at radius 2 is 1.29 bits per heavy atom. The zero-order valence-corrected chi connectivity index (χ0v) is 13.4. The highest BCUT2D eigenvalue weighted by Gasteiger charge is 2.14. The number of allylic oxidation sites excluding steroid dienone is 4. The van der Waals surface area contributed by atoms with E-state index < -0.39 is 0 Å². The molecule has 0 spiro atoms. The van der Waals surface area contributed by atoms with Gasteiger partial charge in [-0.3, -0.25) is 0 Å². The molecule has 0 radical (unpaired) electrons. The van der Waals surface area contributed by atoms with E-state index in [-0.39, 0.29) is 10.9 Å². The highest BCUT2D eigenvalue weighted by molar-refractivity contribution is 8.02. The van der Waals surface area contributed by atoms with Crippen molar-refractivity contribution in [1.82, 2.24) is 0 Å². The molecule has 0 aliphatic rings. The third kappa shape index (κ3) is 6.77. The first-order chi connectivity index (χ1) is 10.3. The van der Waals surface area contributed by atoms with Crippen LogP contribution in [0, 0.1) is 0 Å². The Hall–Kier alpha value is -2.07. The monoisotopic (exact) mass is 305 g/mol. The summed E-state index contributed by atoms with van der Waals surface area (Å²) in [5.41, 5.74) is 0. The van der Waals surface area contributed by atoms with Gasteiger partial charge in [-0.05, 0) is 48.6 Å². The summed E-state index contributed by atoms with van der Waals surface area (Å²) >= 11 is 0. The van der Waals surface area contributed by atoms with E-state index >= 15 is 0 Å². The molecule has 0 aromatic heterocycles. The SMILES string of the molecule is CO/C=C/C=C/[S+](/C=C/C=C/OC)c1ccc(OC)cc1. The van der Waals surface area contributed by atoms with Gasteiger partial charge in [0.15, 0.2) is 4.90 Å². The van der Waals surface area contributed by atoms with Gasteiger partial charge >= 0.3 is 0 Å². The number of ether oxygens (including phenoxy) is 3. The van der Waals surface area contributed by atoms with E-state index in [1.165, 1.54) is 4.90 Å². The highest BCUT2D eigenvalue weighted by atomic mass is 32.2. The van der Waals surface area contributed by atoms with Gasteiger partial charge in [-0.2, -0.15) is 0 Å². The van der Waals surface area contributed by atoms with Crippen LogP contribution in [0.4, 0.5) is 0 Å². The largest absolute Gasteiger partial charge is 0.504 e. The van der Waals surface area contributed by atoms with E-state index in [4.69, 9.17) is 14.2 Å². The first kappa shape index (κ1) is 17.0. The fourth-order valence-corrected chi connectivity index (χ4v) is 2.82. The molecule has 0 heterocycles. The average molecular weight is 305 g/mol. The van der Waals surface area contributed by atoms with Crippen LogP contribution in [0.2, 0.25) is 0 Å². The number of hydrogen-bond acceptors (Lipinski definition) is 3. The molecule has 0 atom stereocenters. The van der Waals surface area contributed by atoms with Crippen molar-refractivity contribution in [1.29, 1.82) is 0 Å². The van der Waals surface area contributed by atoms with E-state index in [1.54, 1.807) is 33.9 Å². The summed E-state index contributed by atoms with van der Waals surface area (Å²) in [4.78, 5) is 1.21. The number of rotatable bonds is 8. The molecule has 21 heavy (non-hydrogen) atoms. The Kier molecular flexibility index (Phi) is 8.64. The molecule has 0 aliphatic heterocycles. The van der Waals surface area contributed by atoms with Crippen molar-refractivity contribution in [3.8, 4) is 5.75 Å². The molecule has 0 unspecified atom stereocenters. The molecule has 1 aromatic rings. The lowest BCUT2D eigenvalue weighted by Crippen LogP contribution is -1.94. The van der Waals surface area contributed by atoms with Crippen LogP contribution >= 0.6 is 0 Å². The van der Waals surface area contributed by atoms with E-state index in [0.717, 1.165) is 5.75 Å². The van der Waals surface area contributed by atoms with E-state index in [9.17, 15) is 0 Å². The van der Waals surface area contributed by atoms with Crippen molar-refractivity contribution in [2.75, 3.05) is 21.3 Å². The van der Waals surface area contributed by atoms with Crippen LogP contribution < -0.4 is 4.74 Å². The van der Waals surface area contributed by atoms with Gasteiger partial charge in [0, 0.05) is 0 Å². The third-order valence-electron chi connectivity index (χ3n) is 2.43.